The molecule has 136 valence electrons. The predicted molar refractivity (Wildman–Crippen MR) is 108 cm³/mol. The maximum absolute atomic E-state index is 5.12. The number of aliphatic imine (C=N–C) groups is 1. The summed E-state index contributed by atoms with van der Waals surface area (Å²) in [6, 6.07) is 0.563. The lowest BCUT2D eigenvalue weighted by Crippen LogP contribution is -2.49. The van der Waals surface area contributed by atoms with E-state index in [1.54, 1.807) is 7.11 Å². The molecule has 0 atom stereocenters. The fraction of sp³-hybridized carbons (Fsp3) is 0.941. The summed E-state index contributed by atoms with van der Waals surface area (Å²) in [6.07, 6.45) is 9.10. The van der Waals surface area contributed by atoms with E-state index in [-0.39, 0.29) is 24.0 Å². The molecule has 1 aliphatic heterocycles. The molecule has 0 aromatic rings. The number of halogens is 1. The van der Waals surface area contributed by atoms with E-state index in [1.165, 1.54) is 51.6 Å². The van der Waals surface area contributed by atoms with Gasteiger partial charge >= 0.3 is 0 Å². The predicted octanol–water partition coefficient (Wildman–Crippen LogP) is 2.46. The molecule has 0 amide bonds. The van der Waals surface area contributed by atoms with E-state index in [4.69, 9.17) is 4.74 Å². The van der Waals surface area contributed by atoms with Crippen LogP contribution in [-0.2, 0) is 4.74 Å². The Morgan fingerprint density at radius 1 is 1.17 bits per heavy atom. The number of methoxy groups -OCH3 is 1. The smallest absolute Gasteiger partial charge is 0.191 e. The summed E-state index contributed by atoms with van der Waals surface area (Å²) >= 11 is 0. The van der Waals surface area contributed by atoms with E-state index in [2.05, 4.69) is 20.5 Å². The van der Waals surface area contributed by atoms with E-state index in [0.29, 0.717) is 6.04 Å². The van der Waals surface area contributed by atoms with Crippen LogP contribution in [0.15, 0.2) is 4.99 Å². The molecule has 2 N–H and O–H groups in total. The first-order valence-electron chi connectivity index (χ1n) is 9.00. The molecule has 2 fully saturated rings. The van der Waals surface area contributed by atoms with Crippen molar-refractivity contribution in [1.82, 2.24) is 15.5 Å². The first-order chi connectivity index (χ1) is 10.8. The van der Waals surface area contributed by atoms with Gasteiger partial charge in [-0.3, -0.25) is 4.99 Å². The Morgan fingerprint density at radius 3 is 2.52 bits per heavy atom. The van der Waals surface area contributed by atoms with Gasteiger partial charge in [-0.25, -0.2) is 0 Å². The lowest BCUT2D eigenvalue weighted by Gasteiger charge is -2.33. The highest BCUT2D eigenvalue weighted by atomic mass is 127. The Kier molecular flexibility index (Phi) is 11.2. The number of hydrogen-bond donors (Lipinski definition) is 2. The monoisotopic (exact) mass is 438 g/mol. The van der Waals surface area contributed by atoms with Crippen LogP contribution >= 0.6 is 24.0 Å². The van der Waals surface area contributed by atoms with E-state index < -0.39 is 0 Å². The maximum atomic E-state index is 5.12. The van der Waals surface area contributed by atoms with Gasteiger partial charge in [-0.15, -0.1) is 24.0 Å². The SMILES string of the molecule is CN=C(NCCCC1CC1)NC1CCN(CCCOC)CC1.I. The van der Waals surface area contributed by atoms with Crippen molar-refractivity contribution >= 4 is 29.9 Å². The standard InChI is InChI=1S/C17H34N4O.HI/c1-18-17(19-10-3-5-15-6-7-15)20-16-8-12-21(13-9-16)11-4-14-22-2;/h15-16H,3-14H2,1-2H3,(H2,18,19,20);1H. The number of hydrogen-bond acceptors (Lipinski definition) is 3. The van der Waals surface area contributed by atoms with E-state index in [1.807, 2.05) is 7.05 Å². The molecule has 0 radical (unpaired) electrons. The molecule has 0 aromatic heterocycles. The fourth-order valence-corrected chi connectivity index (χ4v) is 3.13. The summed E-state index contributed by atoms with van der Waals surface area (Å²) in [6.45, 7) is 5.44. The van der Waals surface area contributed by atoms with Crippen LogP contribution in [0.3, 0.4) is 0 Å². The molecule has 1 aliphatic carbocycles. The molecule has 2 rings (SSSR count). The van der Waals surface area contributed by atoms with Gasteiger partial charge in [0.2, 0.25) is 0 Å². The van der Waals surface area contributed by atoms with Crippen LogP contribution < -0.4 is 10.6 Å². The molecule has 23 heavy (non-hydrogen) atoms. The Bertz CT molecular complexity index is 329. The van der Waals surface area contributed by atoms with Crippen molar-refractivity contribution in [2.75, 3.05) is 46.9 Å². The topological polar surface area (TPSA) is 48.9 Å². The second-order valence-electron chi connectivity index (χ2n) is 6.69. The normalized spacial score (nSPS) is 20.2. The molecule has 0 unspecified atom stereocenters. The van der Waals surface area contributed by atoms with Crippen LogP contribution in [0.2, 0.25) is 0 Å². The van der Waals surface area contributed by atoms with E-state index in [0.717, 1.165) is 38.0 Å². The third-order valence-corrected chi connectivity index (χ3v) is 4.75. The number of ether oxygens (including phenoxy) is 1. The van der Waals surface area contributed by atoms with Crippen LogP contribution in [0, 0.1) is 5.92 Å². The summed E-state index contributed by atoms with van der Waals surface area (Å²) in [5, 5.41) is 7.05. The van der Waals surface area contributed by atoms with Gasteiger partial charge in [0.15, 0.2) is 5.96 Å². The first kappa shape index (κ1) is 21.0. The van der Waals surface area contributed by atoms with Crippen molar-refractivity contribution in [2.45, 2.75) is 51.0 Å². The number of nitrogens with zero attached hydrogens (tertiary/aromatic N) is 2. The second kappa shape index (κ2) is 12.3. The van der Waals surface area contributed by atoms with Gasteiger partial charge in [0.1, 0.15) is 0 Å². The van der Waals surface area contributed by atoms with Crippen LogP contribution in [0.5, 0.6) is 0 Å². The largest absolute Gasteiger partial charge is 0.385 e. The zero-order valence-corrected chi connectivity index (χ0v) is 17.2. The van der Waals surface area contributed by atoms with Crippen LogP contribution in [-0.4, -0.2) is 63.8 Å². The molecule has 5 nitrogen and oxygen atoms in total. The Labute approximate surface area is 159 Å². The molecule has 1 saturated heterocycles. The quantitative estimate of drug-likeness (QED) is 0.251. The molecule has 2 aliphatic rings. The van der Waals surface area contributed by atoms with Gasteiger partial charge < -0.3 is 20.3 Å². The van der Waals surface area contributed by atoms with Crippen molar-refractivity contribution in [2.24, 2.45) is 10.9 Å². The molecule has 0 aromatic carbocycles. The molecule has 0 spiro atoms. The average molecular weight is 438 g/mol. The fourth-order valence-electron chi connectivity index (χ4n) is 3.13. The third-order valence-electron chi connectivity index (χ3n) is 4.75. The summed E-state index contributed by atoms with van der Waals surface area (Å²) in [5.41, 5.74) is 0. The van der Waals surface area contributed by atoms with Crippen molar-refractivity contribution in [3.05, 3.63) is 0 Å². The van der Waals surface area contributed by atoms with Crippen molar-refractivity contribution in [3.63, 3.8) is 0 Å². The zero-order valence-electron chi connectivity index (χ0n) is 14.9. The number of guanidine groups is 1. The minimum absolute atomic E-state index is 0. The Balaban J connectivity index is 0.00000264. The number of piperidine rings is 1. The maximum Gasteiger partial charge on any atom is 0.191 e. The van der Waals surface area contributed by atoms with Gasteiger partial charge in [-0.2, -0.15) is 0 Å². The van der Waals surface area contributed by atoms with Gasteiger partial charge in [-0.05, 0) is 38.0 Å². The molecule has 1 saturated carbocycles. The highest BCUT2D eigenvalue weighted by Gasteiger charge is 2.21. The minimum atomic E-state index is 0. The number of likely N-dealkylation sites (tertiary alicyclic amines) is 1. The van der Waals surface area contributed by atoms with Crippen molar-refractivity contribution < 1.29 is 4.74 Å². The number of nitrogens with one attached hydrogen (secondary N) is 2. The molecule has 6 heteroatoms. The molecule has 0 bridgehead atoms. The lowest BCUT2D eigenvalue weighted by molar-refractivity contribution is 0.155. The van der Waals surface area contributed by atoms with Crippen molar-refractivity contribution in [3.8, 4) is 0 Å². The van der Waals surface area contributed by atoms with E-state index >= 15 is 0 Å². The zero-order chi connectivity index (χ0) is 15.6. The number of rotatable bonds is 9. The molecular weight excluding hydrogens is 403 g/mol. The summed E-state index contributed by atoms with van der Waals surface area (Å²) in [7, 11) is 3.65. The second-order valence-corrected chi connectivity index (χ2v) is 6.69. The Hall–Kier alpha value is -0.0800. The van der Waals surface area contributed by atoms with E-state index in [9.17, 15) is 0 Å². The van der Waals surface area contributed by atoms with Gasteiger partial charge in [0.25, 0.3) is 0 Å². The highest BCUT2D eigenvalue weighted by molar-refractivity contribution is 14.0. The van der Waals surface area contributed by atoms with Gasteiger partial charge in [0.05, 0.1) is 0 Å². The Morgan fingerprint density at radius 2 is 1.91 bits per heavy atom. The third kappa shape index (κ3) is 9.10. The minimum Gasteiger partial charge on any atom is -0.385 e. The van der Waals surface area contributed by atoms with Gasteiger partial charge in [0, 0.05) is 53.0 Å². The summed E-state index contributed by atoms with van der Waals surface area (Å²) in [5.74, 6) is 2.01. The summed E-state index contributed by atoms with van der Waals surface area (Å²) < 4.78 is 5.12. The first-order valence-corrected chi connectivity index (χ1v) is 9.00. The van der Waals surface area contributed by atoms with Crippen LogP contribution in [0.25, 0.3) is 0 Å². The summed E-state index contributed by atoms with van der Waals surface area (Å²) in [4.78, 5) is 6.90. The average Bonchev–Trinajstić information content (AvgIpc) is 3.36. The highest BCUT2D eigenvalue weighted by Crippen LogP contribution is 2.33. The molecular formula is C17H35IN4O. The van der Waals surface area contributed by atoms with Crippen LogP contribution in [0.4, 0.5) is 0 Å². The molecule has 1 heterocycles. The van der Waals surface area contributed by atoms with Crippen molar-refractivity contribution in [1.29, 1.82) is 0 Å². The van der Waals surface area contributed by atoms with Crippen LogP contribution in [0.1, 0.15) is 44.9 Å². The van der Waals surface area contributed by atoms with Gasteiger partial charge in [-0.1, -0.05) is 12.8 Å². The lowest BCUT2D eigenvalue weighted by atomic mass is 10.1.